The molecule has 0 amide bonds. The van der Waals surface area contributed by atoms with E-state index >= 15 is 0 Å². The molecule has 0 saturated carbocycles. The standard InChI is InChI=1S/2C11H13NO2/c1-8-4-6-10(7-5-8)11(9(2)13)12-14-3;1-3-14-12-11(9(2)13)10-7-5-4-6-8-10/h4-7H,1-3H3;4-8H,3H2,1-2H3/b2*12-11-. The Kier molecular flexibility index (Phi) is 9.89. The monoisotopic (exact) mass is 382 g/mol. The Hall–Kier alpha value is -3.28. The second kappa shape index (κ2) is 12.2. The van der Waals surface area contributed by atoms with Crippen LogP contribution in [0.5, 0.6) is 0 Å². The first-order valence-electron chi connectivity index (χ1n) is 8.86. The van der Waals surface area contributed by atoms with Crippen LogP contribution in [-0.4, -0.2) is 36.7 Å². The molecule has 6 heteroatoms. The maximum absolute atomic E-state index is 11.2. The second-order valence-corrected chi connectivity index (χ2v) is 5.82. The molecule has 0 aliphatic heterocycles. The highest BCUT2D eigenvalue weighted by molar-refractivity contribution is 6.45. The molecule has 0 spiro atoms. The zero-order chi connectivity index (χ0) is 20.9. The Bertz CT molecular complexity index is 825. The highest BCUT2D eigenvalue weighted by Crippen LogP contribution is 2.06. The number of aryl methyl sites for hydroxylation is 1. The molecular weight excluding hydrogens is 356 g/mol. The van der Waals surface area contributed by atoms with E-state index in [-0.39, 0.29) is 11.6 Å². The second-order valence-electron chi connectivity index (χ2n) is 5.82. The highest BCUT2D eigenvalue weighted by atomic mass is 16.6. The molecule has 2 rings (SSSR count). The van der Waals surface area contributed by atoms with Crippen molar-refractivity contribution in [1.82, 2.24) is 0 Å². The van der Waals surface area contributed by atoms with Gasteiger partial charge in [-0.25, -0.2) is 0 Å². The van der Waals surface area contributed by atoms with Gasteiger partial charge in [0.2, 0.25) is 0 Å². The molecule has 0 saturated heterocycles. The van der Waals surface area contributed by atoms with Gasteiger partial charge in [-0.1, -0.05) is 70.5 Å². The molecule has 0 aromatic heterocycles. The Morgan fingerprint density at radius 1 is 0.821 bits per heavy atom. The van der Waals surface area contributed by atoms with Crippen LogP contribution in [0.4, 0.5) is 0 Å². The average Bonchev–Trinajstić information content (AvgIpc) is 2.68. The van der Waals surface area contributed by atoms with Crippen molar-refractivity contribution in [3.8, 4) is 0 Å². The maximum atomic E-state index is 11.2. The van der Waals surface area contributed by atoms with Gasteiger partial charge in [0.25, 0.3) is 0 Å². The number of carbonyl (C=O) groups is 2. The summed E-state index contributed by atoms with van der Waals surface area (Å²) in [6, 6.07) is 16.9. The van der Waals surface area contributed by atoms with Crippen LogP contribution in [0.3, 0.4) is 0 Å². The summed E-state index contributed by atoms with van der Waals surface area (Å²) in [5.74, 6) is -0.194. The lowest BCUT2D eigenvalue weighted by Gasteiger charge is -2.01. The van der Waals surface area contributed by atoms with Gasteiger partial charge in [0, 0.05) is 25.0 Å². The van der Waals surface area contributed by atoms with E-state index in [0.717, 1.165) is 16.7 Å². The third kappa shape index (κ3) is 7.53. The Morgan fingerprint density at radius 3 is 1.79 bits per heavy atom. The molecule has 0 aliphatic carbocycles. The number of oxime groups is 2. The fourth-order valence-electron chi connectivity index (χ4n) is 2.17. The lowest BCUT2D eigenvalue weighted by atomic mass is 10.1. The van der Waals surface area contributed by atoms with E-state index in [1.54, 1.807) is 0 Å². The van der Waals surface area contributed by atoms with Crippen molar-refractivity contribution in [2.24, 2.45) is 10.3 Å². The number of rotatable bonds is 7. The summed E-state index contributed by atoms with van der Waals surface area (Å²) in [5.41, 5.74) is 3.44. The molecule has 6 nitrogen and oxygen atoms in total. The molecule has 28 heavy (non-hydrogen) atoms. The lowest BCUT2D eigenvalue weighted by Crippen LogP contribution is -2.12. The van der Waals surface area contributed by atoms with Gasteiger partial charge in [0.15, 0.2) is 23.0 Å². The molecular formula is C22H26N2O4. The van der Waals surface area contributed by atoms with Crippen molar-refractivity contribution in [1.29, 1.82) is 0 Å². The van der Waals surface area contributed by atoms with Crippen LogP contribution < -0.4 is 0 Å². The summed E-state index contributed by atoms with van der Waals surface area (Å²) >= 11 is 0. The number of benzene rings is 2. The van der Waals surface area contributed by atoms with Crippen molar-refractivity contribution in [2.45, 2.75) is 27.7 Å². The first kappa shape index (κ1) is 22.8. The number of hydrogen-bond acceptors (Lipinski definition) is 6. The van der Waals surface area contributed by atoms with E-state index in [9.17, 15) is 9.59 Å². The number of ketones is 2. The quantitative estimate of drug-likeness (QED) is 0.537. The maximum Gasteiger partial charge on any atom is 0.182 e. The third-order valence-corrected chi connectivity index (χ3v) is 3.51. The smallest absolute Gasteiger partial charge is 0.182 e. The number of nitrogens with zero attached hydrogens (tertiary/aromatic N) is 2. The molecule has 0 radical (unpaired) electrons. The summed E-state index contributed by atoms with van der Waals surface area (Å²) in [6.07, 6.45) is 0. The van der Waals surface area contributed by atoms with E-state index in [0.29, 0.717) is 18.0 Å². The van der Waals surface area contributed by atoms with Gasteiger partial charge in [0.1, 0.15) is 13.7 Å². The predicted octanol–water partition coefficient (Wildman–Crippen LogP) is 3.95. The lowest BCUT2D eigenvalue weighted by molar-refractivity contribution is -0.112. The van der Waals surface area contributed by atoms with E-state index in [2.05, 4.69) is 15.1 Å². The van der Waals surface area contributed by atoms with Crippen molar-refractivity contribution in [3.63, 3.8) is 0 Å². The van der Waals surface area contributed by atoms with E-state index in [4.69, 9.17) is 4.84 Å². The van der Waals surface area contributed by atoms with Crippen molar-refractivity contribution >= 4 is 23.0 Å². The summed E-state index contributed by atoms with van der Waals surface area (Å²) in [7, 11) is 1.43. The summed E-state index contributed by atoms with van der Waals surface area (Å²) in [6.45, 7) is 7.23. The molecule has 2 aromatic carbocycles. The van der Waals surface area contributed by atoms with Crippen LogP contribution in [0.1, 0.15) is 37.5 Å². The first-order chi connectivity index (χ1) is 13.4. The minimum absolute atomic E-state index is 0.0929. The highest BCUT2D eigenvalue weighted by Gasteiger charge is 2.09. The van der Waals surface area contributed by atoms with Crippen molar-refractivity contribution in [3.05, 3.63) is 71.3 Å². The van der Waals surface area contributed by atoms with Gasteiger partial charge in [-0.2, -0.15) is 0 Å². The van der Waals surface area contributed by atoms with Crippen LogP contribution in [0.15, 0.2) is 64.9 Å². The molecule has 0 N–H and O–H groups in total. The van der Waals surface area contributed by atoms with E-state index < -0.39 is 0 Å². The SMILES string of the molecule is CCO/N=C(/C(C)=O)c1ccccc1.CO/N=C(/C(C)=O)c1ccc(C)cc1. The first-order valence-corrected chi connectivity index (χ1v) is 8.86. The Morgan fingerprint density at radius 2 is 1.32 bits per heavy atom. The molecule has 0 heterocycles. The minimum Gasteiger partial charge on any atom is -0.399 e. The van der Waals surface area contributed by atoms with Crippen LogP contribution in [0.25, 0.3) is 0 Å². The predicted molar refractivity (Wildman–Crippen MR) is 111 cm³/mol. The molecule has 0 bridgehead atoms. The molecule has 0 atom stereocenters. The van der Waals surface area contributed by atoms with Gasteiger partial charge < -0.3 is 9.68 Å². The Balaban J connectivity index is 0.000000280. The molecule has 0 unspecified atom stereocenters. The summed E-state index contributed by atoms with van der Waals surface area (Å²) in [4.78, 5) is 31.9. The zero-order valence-corrected chi connectivity index (χ0v) is 16.9. The van der Waals surface area contributed by atoms with Crippen LogP contribution in [0, 0.1) is 6.92 Å². The molecule has 0 fully saturated rings. The number of Topliss-reactive ketones (excluding diaryl/α,β-unsaturated/α-hetero) is 2. The molecule has 148 valence electrons. The van der Waals surface area contributed by atoms with E-state index in [1.807, 2.05) is 68.4 Å². The van der Waals surface area contributed by atoms with Crippen LogP contribution >= 0.6 is 0 Å². The number of carbonyl (C=O) groups excluding carboxylic acids is 2. The van der Waals surface area contributed by atoms with Gasteiger partial charge in [-0.15, -0.1) is 0 Å². The van der Waals surface area contributed by atoms with Crippen LogP contribution in [0.2, 0.25) is 0 Å². The topological polar surface area (TPSA) is 77.3 Å². The van der Waals surface area contributed by atoms with E-state index in [1.165, 1.54) is 21.0 Å². The fraction of sp³-hybridized carbons (Fsp3) is 0.273. The summed E-state index contributed by atoms with van der Waals surface area (Å²) in [5, 5.41) is 7.47. The van der Waals surface area contributed by atoms with Gasteiger partial charge in [-0.05, 0) is 13.8 Å². The summed E-state index contributed by atoms with van der Waals surface area (Å²) < 4.78 is 0. The minimum atomic E-state index is -0.101. The molecule has 2 aromatic rings. The van der Waals surface area contributed by atoms with Crippen LogP contribution in [-0.2, 0) is 19.3 Å². The van der Waals surface area contributed by atoms with Crippen molar-refractivity contribution < 1.29 is 19.3 Å². The normalized spacial score (nSPS) is 11.2. The fourth-order valence-corrected chi connectivity index (χ4v) is 2.17. The molecule has 0 aliphatic rings. The van der Waals surface area contributed by atoms with Gasteiger partial charge in [0.05, 0.1) is 0 Å². The Labute approximate surface area is 165 Å². The van der Waals surface area contributed by atoms with Gasteiger partial charge >= 0.3 is 0 Å². The van der Waals surface area contributed by atoms with Gasteiger partial charge in [-0.3, -0.25) is 9.59 Å². The van der Waals surface area contributed by atoms with Crippen molar-refractivity contribution in [2.75, 3.05) is 13.7 Å². The average molecular weight is 382 g/mol. The largest absolute Gasteiger partial charge is 0.399 e. The zero-order valence-electron chi connectivity index (χ0n) is 16.9. The third-order valence-electron chi connectivity index (χ3n) is 3.51. The number of hydrogen-bond donors (Lipinski definition) is 0.